The lowest BCUT2D eigenvalue weighted by molar-refractivity contribution is -0.464. The molecule has 4 unspecified atom stereocenters. The fraction of sp³-hybridized carbons (Fsp3) is 1.00. The Balaban J connectivity index is 2.23. The van der Waals surface area contributed by atoms with Gasteiger partial charge in [0.25, 0.3) is 0 Å². The summed E-state index contributed by atoms with van der Waals surface area (Å²) in [6, 6.07) is 0. The molecule has 18 heavy (non-hydrogen) atoms. The van der Waals surface area contributed by atoms with Gasteiger partial charge in [0.2, 0.25) is 0 Å². The summed E-state index contributed by atoms with van der Waals surface area (Å²) in [5.74, 6) is -1.58. The smallest absolute Gasteiger partial charge is 0.196 e. The first-order chi connectivity index (χ1) is 8.24. The molecule has 0 N–H and O–H groups in total. The van der Waals surface area contributed by atoms with E-state index in [1.165, 1.54) is 0 Å². The first kappa shape index (κ1) is 14.2. The number of fused-ring (bicyclic) bond motifs is 1. The van der Waals surface area contributed by atoms with E-state index in [0.717, 1.165) is 0 Å². The van der Waals surface area contributed by atoms with Crippen LogP contribution in [-0.4, -0.2) is 43.3 Å². The summed E-state index contributed by atoms with van der Waals surface area (Å²) in [6.07, 6.45) is -1.56. The lowest BCUT2D eigenvalue weighted by atomic mass is 10.1. The van der Waals surface area contributed by atoms with Crippen LogP contribution in [0.15, 0.2) is 0 Å². The van der Waals surface area contributed by atoms with E-state index in [4.69, 9.17) is 28.7 Å². The Morgan fingerprint density at radius 2 is 1.56 bits per heavy atom. The SMILES string of the molecule is COC1OC(C)(C)OC2C(C)OC(C)(C)OOC12. The molecule has 2 aliphatic heterocycles. The Morgan fingerprint density at radius 3 is 2.17 bits per heavy atom. The molecule has 0 aromatic rings. The lowest BCUT2D eigenvalue weighted by Gasteiger charge is -2.44. The fourth-order valence-corrected chi connectivity index (χ4v) is 2.28. The quantitative estimate of drug-likeness (QED) is 0.669. The van der Waals surface area contributed by atoms with Crippen LogP contribution in [0.4, 0.5) is 0 Å². The minimum Gasteiger partial charge on any atom is -0.353 e. The average Bonchev–Trinajstić information content (AvgIpc) is 2.34. The molecule has 6 heteroatoms. The molecule has 0 amide bonds. The zero-order chi connectivity index (χ0) is 13.6. The van der Waals surface area contributed by atoms with Gasteiger partial charge in [0.05, 0.1) is 6.10 Å². The monoisotopic (exact) mass is 262 g/mol. The van der Waals surface area contributed by atoms with Crippen molar-refractivity contribution in [1.29, 1.82) is 0 Å². The molecule has 2 aliphatic rings. The van der Waals surface area contributed by atoms with Crippen molar-refractivity contribution in [3.05, 3.63) is 0 Å². The maximum Gasteiger partial charge on any atom is 0.196 e. The number of hydrogen-bond acceptors (Lipinski definition) is 6. The number of ether oxygens (including phenoxy) is 4. The van der Waals surface area contributed by atoms with E-state index in [2.05, 4.69) is 0 Å². The summed E-state index contributed by atoms with van der Waals surface area (Å²) in [5.41, 5.74) is 0. The van der Waals surface area contributed by atoms with Gasteiger partial charge < -0.3 is 18.9 Å². The number of hydrogen-bond donors (Lipinski definition) is 0. The highest BCUT2D eigenvalue weighted by molar-refractivity contribution is 4.87. The Labute approximate surface area is 107 Å². The minimum absolute atomic E-state index is 0.201. The molecule has 2 saturated heterocycles. The van der Waals surface area contributed by atoms with Crippen molar-refractivity contribution in [3.63, 3.8) is 0 Å². The van der Waals surface area contributed by atoms with Gasteiger partial charge in [0.1, 0.15) is 6.10 Å². The molecule has 0 spiro atoms. The van der Waals surface area contributed by atoms with Gasteiger partial charge in [-0.25, -0.2) is 9.78 Å². The molecule has 6 nitrogen and oxygen atoms in total. The summed E-state index contributed by atoms with van der Waals surface area (Å²) in [4.78, 5) is 10.7. The number of methoxy groups -OCH3 is 1. The largest absolute Gasteiger partial charge is 0.353 e. The van der Waals surface area contributed by atoms with Gasteiger partial charge >= 0.3 is 0 Å². The zero-order valence-corrected chi connectivity index (χ0v) is 11.8. The molecule has 0 bridgehead atoms. The van der Waals surface area contributed by atoms with Crippen molar-refractivity contribution < 1.29 is 28.7 Å². The van der Waals surface area contributed by atoms with E-state index in [1.54, 1.807) is 21.0 Å². The van der Waals surface area contributed by atoms with Crippen molar-refractivity contribution in [2.45, 2.75) is 70.8 Å². The fourth-order valence-electron chi connectivity index (χ4n) is 2.28. The second-order valence-electron chi connectivity index (χ2n) is 5.57. The van der Waals surface area contributed by atoms with E-state index in [0.29, 0.717) is 0 Å². The van der Waals surface area contributed by atoms with E-state index < -0.39 is 24.0 Å². The standard InChI is InChI=1S/C12H22O6/c1-7-8-9(17-18-12(4,5)14-7)10(13-6)16-11(2,3)15-8/h7-10H,1-6H3. The normalized spacial score (nSPS) is 43.0. The first-order valence-corrected chi connectivity index (χ1v) is 6.15. The molecule has 4 atom stereocenters. The predicted molar refractivity (Wildman–Crippen MR) is 61.4 cm³/mol. The third-order valence-electron chi connectivity index (χ3n) is 2.94. The van der Waals surface area contributed by atoms with Crippen LogP contribution >= 0.6 is 0 Å². The summed E-state index contributed by atoms with van der Waals surface area (Å²) >= 11 is 0. The third kappa shape index (κ3) is 2.84. The molecule has 0 radical (unpaired) electrons. The van der Waals surface area contributed by atoms with Crippen LogP contribution in [0.1, 0.15) is 34.6 Å². The maximum atomic E-state index is 5.86. The van der Waals surface area contributed by atoms with Crippen LogP contribution in [-0.2, 0) is 28.7 Å². The predicted octanol–water partition coefficient (Wildman–Crippen LogP) is 1.58. The van der Waals surface area contributed by atoms with Crippen molar-refractivity contribution in [1.82, 2.24) is 0 Å². The summed E-state index contributed by atoms with van der Waals surface area (Å²) < 4.78 is 22.6. The van der Waals surface area contributed by atoms with Crippen molar-refractivity contribution in [2.24, 2.45) is 0 Å². The Bertz CT molecular complexity index is 303. The molecule has 0 aromatic heterocycles. The Morgan fingerprint density at radius 1 is 0.889 bits per heavy atom. The molecule has 2 fully saturated rings. The molecule has 2 rings (SSSR count). The molecule has 0 saturated carbocycles. The second-order valence-corrected chi connectivity index (χ2v) is 5.57. The maximum absolute atomic E-state index is 5.86. The first-order valence-electron chi connectivity index (χ1n) is 6.15. The summed E-state index contributed by atoms with van der Waals surface area (Å²) in [6.45, 7) is 9.16. The Hall–Kier alpha value is -0.240. The summed E-state index contributed by atoms with van der Waals surface area (Å²) in [5, 5.41) is 0. The Kier molecular flexibility index (Phi) is 3.70. The topological polar surface area (TPSA) is 55.4 Å². The molecule has 2 heterocycles. The molecular weight excluding hydrogens is 240 g/mol. The lowest BCUT2D eigenvalue weighted by Crippen LogP contribution is -2.58. The van der Waals surface area contributed by atoms with Crippen LogP contribution in [0.2, 0.25) is 0 Å². The highest BCUT2D eigenvalue weighted by Crippen LogP contribution is 2.35. The molecule has 0 aliphatic carbocycles. The van der Waals surface area contributed by atoms with Gasteiger partial charge in [0, 0.05) is 7.11 Å². The van der Waals surface area contributed by atoms with Gasteiger partial charge in [-0.15, -0.1) is 0 Å². The van der Waals surface area contributed by atoms with Gasteiger partial charge in [-0.3, -0.25) is 0 Å². The van der Waals surface area contributed by atoms with Crippen LogP contribution in [0, 0.1) is 0 Å². The third-order valence-corrected chi connectivity index (χ3v) is 2.94. The van der Waals surface area contributed by atoms with E-state index in [-0.39, 0.29) is 12.2 Å². The van der Waals surface area contributed by atoms with E-state index >= 15 is 0 Å². The van der Waals surface area contributed by atoms with Crippen molar-refractivity contribution >= 4 is 0 Å². The van der Waals surface area contributed by atoms with E-state index in [1.807, 2.05) is 20.8 Å². The summed E-state index contributed by atoms with van der Waals surface area (Å²) in [7, 11) is 1.56. The zero-order valence-electron chi connectivity index (χ0n) is 11.8. The van der Waals surface area contributed by atoms with Crippen LogP contribution in [0.25, 0.3) is 0 Å². The highest BCUT2D eigenvalue weighted by atomic mass is 17.2. The van der Waals surface area contributed by atoms with Crippen LogP contribution in [0.3, 0.4) is 0 Å². The highest BCUT2D eigenvalue weighted by Gasteiger charge is 2.51. The van der Waals surface area contributed by atoms with Crippen LogP contribution < -0.4 is 0 Å². The minimum atomic E-state index is -0.831. The number of rotatable bonds is 1. The second kappa shape index (κ2) is 4.70. The van der Waals surface area contributed by atoms with Gasteiger partial charge in [-0.2, -0.15) is 0 Å². The molecular formula is C12H22O6. The van der Waals surface area contributed by atoms with Crippen molar-refractivity contribution in [3.8, 4) is 0 Å². The average molecular weight is 262 g/mol. The van der Waals surface area contributed by atoms with Gasteiger partial charge in [-0.1, -0.05) is 0 Å². The van der Waals surface area contributed by atoms with Gasteiger partial charge in [0.15, 0.2) is 24.0 Å². The van der Waals surface area contributed by atoms with Crippen LogP contribution in [0.5, 0.6) is 0 Å². The molecule has 106 valence electrons. The van der Waals surface area contributed by atoms with Gasteiger partial charge in [-0.05, 0) is 34.6 Å². The molecule has 0 aromatic carbocycles. The van der Waals surface area contributed by atoms with E-state index in [9.17, 15) is 0 Å². The van der Waals surface area contributed by atoms with Crippen molar-refractivity contribution in [2.75, 3.05) is 7.11 Å².